The summed E-state index contributed by atoms with van der Waals surface area (Å²) in [6, 6.07) is 0. The molecule has 1 saturated carbocycles. The van der Waals surface area contributed by atoms with E-state index >= 15 is 0 Å². The van der Waals surface area contributed by atoms with Crippen molar-refractivity contribution < 1.29 is 9.26 Å². The summed E-state index contributed by atoms with van der Waals surface area (Å²) >= 11 is 0. The molecule has 7 heteroatoms. The molecule has 0 radical (unpaired) electrons. The number of hydrogen-bond donors (Lipinski definition) is 1. The summed E-state index contributed by atoms with van der Waals surface area (Å²) in [6.45, 7) is 7.37. The van der Waals surface area contributed by atoms with Crippen LogP contribution in [0.2, 0.25) is 0 Å². The van der Waals surface area contributed by atoms with Gasteiger partial charge in [0.05, 0.1) is 12.3 Å². The second-order valence-corrected chi connectivity index (χ2v) is 6.32. The molecule has 1 aliphatic rings. The average molecular weight is 450 g/mol. The number of hydrogen-bond acceptors (Lipinski definition) is 4. The maximum atomic E-state index is 5.68. The molecule has 0 aliphatic heterocycles. The lowest BCUT2D eigenvalue weighted by atomic mass is 10.1. The fraction of sp³-hybridized carbons (Fsp3) is 0.765. The largest absolute Gasteiger partial charge is 0.379 e. The molecule has 1 aromatic rings. The van der Waals surface area contributed by atoms with E-state index in [0.717, 1.165) is 62.5 Å². The van der Waals surface area contributed by atoms with Gasteiger partial charge in [0.2, 0.25) is 0 Å². The van der Waals surface area contributed by atoms with Crippen molar-refractivity contribution in [2.75, 3.05) is 40.4 Å². The van der Waals surface area contributed by atoms with E-state index < -0.39 is 0 Å². The number of rotatable bonds is 9. The summed E-state index contributed by atoms with van der Waals surface area (Å²) in [4.78, 5) is 6.44. The van der Waals surface area contributed by atoms with Crippen molar-refractivity contribution in [2.45, 2.75) is 39.5 Å². The molecule has 0 atom stereocenters. The van der Waals surface area contributed by atoms with Crippen LogP contribution in [0.25, 0.3) is 0 Å². The number of halogens is 1. The molecule has 0 aromatic carbocycles. The van der Waals surface area contributed by atoms with E-state index in [1.807, 2.05) is 27.9 Å². The van der Waals surface area contributed by atoms with Crippen LogP contribution in [0.3, 0.4) is 0 Å². The summed E-state index contributed by atoms with van der Waals surface area (Å²) in [6.07, 6.45) is 4.67. The van der Waals surface area contributed by atoms with Crippen LogP contribution in [0, 0.1) is 19.8 Å². The fourth-order valence-corrected chi connectivity index (χ4v) is 2.55. The predicted molar refractivity (Wildman–Crippen MR) is 107 cm³/mol. The van der Waals surface area contributed by atoms with Gasteiger partial charge in [-0.25, -0.2) is 0 Å². The van der Waals surface area contributed by atoms with Gasteiger partial charge in [-0.1, -0.05) is 5.16 Å². The summed E-state index contributed by atoms with van der Waals surface area (Å²) in [5.74, 6) is 2.66. The molecule has 138 valence electrons. The third-order valence-corrected chi connectivity index (χ3v) is 4.26. The number of aliphatic imine (C=N–C) groups is 1. The molecule has 0 spiro atoms. The van der Waals surface area contributed by atoms with Gasteiger partial charge in [-0.2, -0.15) is 0 Å². The van der Waals surface area contributed by atoms with Gasteiger partial charge < -0.3 is 19.5 Å². The number of nitrogens with one attached hydrogen (secondary N) is 1. The molecule has 6 nitrogen and oxygen atoms in total. The van der Waals surface area contributed by atoms with Crippen LogP contribution in [0.1, 0.15) is 36.3 Å². The second-order valence-electron chi connectivity index (χ2n) is 6.32. The maximum absolute atomic E-state index is 5.68. The molecule has 24 heavy (non-hydrogen) atoms. The van der Waals surface area contributed by atoms with Crippen molar-refractivity contribution in [2.24, 2.45) is 10.9 Å². The molecule has 2 rings (SSSR count). The lowest BCUT2D eigenvalue weighted by molar-refractivity contribution is 0.115. The van der Waals surface area contributed by atoms with Crippen molar-refractivity contribution >= 4 is 29.9 Å². The first-order valence-corrected chi connectivity index (χ1v) is 8.53. The minimum atomic E-state index is 0. The third-order valence-electron chi connectivity index (χ3n) is 4.26. The Hall–Kier alpha value is -0.830. The Morgan fingerprint density at radius 3 is 2.75 bits per heavy atom. The monoisotopic (exact) mass is 450 g/mol. The van der Waals surface area contributed by atoms with E-state index in [4.69, 9.17) is 9.26 Å². The SMILES string of the molecule is CN=C(NCCCc1c(C)noc1C)N(C)CCOCC1CC1.I. The van der Waals surface area contributed by atoms with E-state index in [9.17, 15) is 0 Å². The zero-order valence-electron chi connectivity index (χ0n) is 15.3. The number of aryl methyl sites for hydroxylation is 2. The van der Waals surface area contributed by atoms with E-state index in [1.165, 1.54) is 18.4 Å². The molecule has 1 aliphatic carbocycles. The average Bonchev–Trinajstić information content (AvgIpc) is 3.31. The first-order chi connectivity index (χ1) is 11.1. The van der Waals surface area contributed by atoms with E-state index in [1.54, 1.807) is 0 Å². The first kappa shape index (κ1) is 21.2. The normalized spacial score (nSPS) is 14.4. The van der Waals surface area contributed by atoms with E-state index in [0.29, 0.717) is 0 Å². The highest BCUT2D eigenvalue weighted by Gasteiger charge is 2.21. The Kier molecular flexibility index (Phi) is 9.65. The van der Waals surface area contributed by atoms with Crippen molar-refractivity contribution in [3.05, 3.63) is 17.0 Å². The zero-order chi connectivity index (χ0) is 16.7. The van der Waals surface area contributed by atoms with Gasteiger partial charge in [0, 0.05) is 39.4 Å². The van der Waals surface area contributed by atoms with Gasteiger partial charge in [0.1, 0.15) is 5.76 Å². The van der Waals surface area contributed by atoms with Crippen molar-refractivity contribution in [1.82, 2.24) is 15.4 Å². The Morgan fingerprint density at radius 1 is 1.42 bits per heavy atom. The smallest absolute Gasteiger partial charge is 0.193 e. The van der Waals surface area contributed by atoms with Crippen molar-refractivity contribution in [3.8, 4) is 0 Å². The molecule has 1 heterocycles. The van der Waals surface area contributed by atoms with Crippen LogP contribution in [-0.4, -0.2) is 56.4 Å². The Labute approximate surface area is 162 Å². The second kappa shape index (κ2) is 10.9. The first-order valence-electron chi connectivity index (χ1n) is 8.53. The highest BCUT2D eigenvalue weighted by molar-refractivity contribution is 14.0. The molecule has 0 amide bonds. The summed E-state index contributed by atoms with van der Waals surface area (Å²) < 4.78 is 10.9. The lowest BCUT2D eigenvalue weighted by Crippen LogP contribution is -2.41. The summed E-state index contributed by atoms with van der Waals surface area (Å²) in [7, 11) is 3.86. The van der Waals surface area contributed by atoms with Crippen molar-refractivity contribution in [1.29, 1.82) is 0 Å². The number of aromatic nitrogens is 1. The lowest BCUT2D eigenvalue weighted by Gasteiger charge is -2.22. The zero-order valence-corrected chi connectivity index (χ0v) is 17.6. The molecule has 0 bridgehead atoms. The molecular formula is C17H31IN4O2. The minimum Gasteiger partial charge on any atom is -0.379 e. The van der Waals surface area contributed by atoms with Crippen LogP contribution in [0.4, 0.5) is 0 Å². The topological polar surface area (TPSA) is 62.9 Å². The van der Waals surface area contributed by atoms with Gasteiger partial charge in [0.15, 0.2) is 5.96 Å². The number of guanidine groups is 1. The highest BCUT2D eigenvalue weighted by atomic mass is 127. The molecule has 0 saturated heterocycles. The predicted octanol–water partition coefficient (Wildman–Crippen LogP) is 2.78. The Morgan fingerprint density at radius 2 is 2.17 bits per heavy atom. The van der Waals surface area contributed by atoms with E-state index in [-0.39, 0.29) is 24.0 Å². The van der Waals surface area contributed by atoms with Gasteiger partial charge in [0.25, 0.3) is 0 Å². The van der Waals surface area contributed by atoms with Crippen LogP contribution in [0.5, 0.6) is 0 Å². The Balaban J connectivity index is 0.00000288. The van der Waals surface area contributed by atoms with Gasteiger partial charge >= 0.3 is 0 Å². The number of likely N-dealkylation sites (N-methyl/N-ethyl adjacent to an activating group) is 1. The maximum Gasteiger partial charge on any atom is 0.193 e. The minimum absolute atomic E-state index is 0. The van der Waals surface area contributed by atoms with Gasteiger partial charge in [-0.05, 0) is 45.4 Å². The fourth-order valence-electron chi connectivity index (χ4n) is 2.55. The van der Waals surface area contributed by atoms with Crippen LogP contribution >= 0.6 is 24.0 Å². The molecule has 1 N–H and O–H groups in total. The van der Waals surface area contributed by atoms with Crippen LogP contribution in [0.15, 0.2) is 9.52 Å². The quantitative estimate of drug-likeness (QED) is 0.271. The van der Waals surface area contributed by atoms with Gasteiger partial charge in [-0.3, -0.25) is 4.99 Å². The molecule has 1 aromatic heterocycles. The van der Waals surface area contributed by atoms with Crippen LogP contribution in [-0.2, 0) is 11.2 Å². The third kappa shape index (κ3) is 6.96. The van der Waals surface area contributed by atoms with Crippen molar-refractivity contribution in [3.63, 3.8) is 0 Å². The molecule has 1 fully saturated rings. The Bertz CT molecular complexity index is 495. The number of nitrogens with zero attached hydrogens (tertiary/aromatic N) is 3. The summed E-state index contributed by atoms with van der Waals surface area (Å²) in [5, 5.41) is 7.39. The van der Waals surface area contributed by atoms with Gasteiger partial charge in [-0.15, -0.1) is 24.0 Å². The molecule has 0 unspecified atom stereocenters. The standard InChI is InChI=1S/C17H30N4O2.HI/c1-13-16(14(2)23-20-13)6-5-9-19-17(18-3)21(4)10-11-22-12-15-7-8-15;/h15H,5-12H2,1-4H3,(H,18,19);1H. The van der Waals surface area contributed by atoms with E-state index in [2.05, 4.69) is 20.4 Å². The van der Waals surface area contributed by atoms with Crippen LogP contribution < -0.4 is 5.32 Å². The molecular weight excluding hydrogens is 419 g/mol. The number of ether oxygens (including phenoxy) is 1. The highest BCUT2D eigenvalue weighted by Crippen LogP contribution is 2.28. The summed E-state index contributed by atoms with van der Waals surface area (Å²) in [5.41, 5.74) is 2.22.